The fraction of sp³-hybridized carbons (Fsp3) is 0.231. The van der Waals surface area contributed by atoms with Crippen LogP contribution in [0.1, 0.15) is 16.7 Å². The molecule has 0 nitrogen and oxygen atoms in total. The minimum Gasteiger partial charge on any atom is -0.745 e. The standard InChI is InChI=1S/C7H9.C6H7.Fe/c1-6-3-4-7(2)5-6;1-6-4-2-3-5-6;/h3-5H,1-2H3;2-5H,1H3;/q-5;-1;. The van der Waals surface area contributed by atoms with Gasteiger partial charge in [-0.1, -0.05) is 6.92 Å². The van der Waals surface area contributed by atoms with Crippen molar-refractivity contribution in [1.29, 1.82) is 0 Å². The summed E-state index contributed by atoms with van der Waals surface area (Å²) in [5, 5.41) is 0. The first-order valence-electron chi connectivity index (χ1n) is 4.57. The zero-order valence-electron chi connectivity index (χ0n) is 8.90. The van der Waals surface area contributed by atoms with Gasteiger partial charge in [-0.15, -0.1) is 0 Å². The molecule has 0 aromatic heterocycles. The van der Waals surface area contributed by atoms with Crippen LogP contribution >= 0.6 is 0 Å². The average molecular weight is 228 g/mol. The molecular weight excluding hydrogens is 212 g/mol. The molecule has 0 unspecified atom stereocenters. The Morgan fingerprint density at radius 2 is 1.29 bits per heavy atom. The molecule has 0 spiro atoms. The third kappa shape index (κ3) is 5.06. The van der Waals surface area contributed by atoms with Crippen molar-refractivity contribution in [2.45, 2.75) is 20.8 Å². The van der Waals surface area contributed by atoms with Crippen LogP contribution in [0, 0.1) is 20.8 Å². The number of hydrogen-bond donors (Lipinski definition) is 0. The van der Waals surface area contributed by atoms with Crippen LogP contribution in [0.4, 0.5) is 0 Å². The maximum atomic E-state index is 2.17. The molecule has 0 saturated heterocycles. The Hall–Kier alpha value is -0.781. The molecule has 2 rings (SSSR count). The molecule has 0 atom stereocenters. The summed E-state index contributed by atoms with van der Waals surface area (Å²) in [5.41, 5.74) is 4.06. The predicted molar refractivity (Wildman–Crippen MR) is 58.3 cm³/mol. The first-order chi connectivity index (χ1) is 6.18. The summed E-state index contributed by atoms with van der Waals surface area (Å²) < 4.78 is 0. The molecule has 1 heteroatoms. The van der Waals surface area contributed by atoms with E-state index in [4.69, 9.17) is 0 Å². The van der Waals surface area contributed by atoms with E-state index in [0.29, 0.717) is 0 Å². The predicted octanol–water partition coefficient (Wildman–Crippen LogP) is 3.73. The van der Waals surface area contributed by atoms with Gasteiger partial charge in [0.05, 0.1) is 0 Å². The smallest absolute Gasteiger partial charge is 0 e. The van der Waals surface area contributed by atoms with Crippen LogP contribution in [-0.4, -0.2) is 0 Å². The van der Waals surface area contributed by atoms with Crippen LogP contribution in [0.5, 0.6) is 0 Å². The summed E-state index contributed by atoms with van der Waals surface area (Å²) in [6.07, 6.45) is 0. The maximum Gasteiger partial charge on any atom is 0 e. The molecule has 0 saturated carbocycles. The van der Waals surface area contributed by atoms with Crippen molar-refractivity contribution in [3.63, 3.8) is 0 Å². The van der Waals surface area contributed by atoms with Crippen molar-refractivity contribution in [2.24, 2.45) is 0 Å². The SMILES string of the molecule is C[c-]1[cH-][cH-][c-](C)[cH-]1.C[c-]1cccc1.[Fe]. The minimum absolute atomic E-state index is 0. The second-order valence-electron chi connectivity index (χ2n) is 3.43. The monoisotopic (exact) mass is 228 g/mol. The van der Waals surface area contributed by atoms with E-state index in [1.54, 1.807) is 0 Å². The van der Waals surface area contributed by atoms with Crippen molar-refractivity contribution >= 4 is 0 Å². The van der Waals surface area contributed by atoms with Gasteiger partial charge in [-0.3, -0.25) is 0 Å². The van der Waals surface area contributed by atoms with E-state index in [1.807, 2.05) is 12.1 Å². The van der Waals surface area contributed by atoms with Gasteiger partial charge in [0.15, 0.2) is 0 Å². The summed E-state index contributed by atoms with van der Waals surface area (Å²) >= 11 is 0. The molecule has 14 heavy (non-hydrogen) atoms. The molecule has 82 valence electrons. The van der Waals surface area contributed by atoms with Gasteiger partial charge in [-0.05, 0) is 0 Å². The van der Waals surface area contributed by atoms with E-state index in [1.165, 1.54) is 16.7 Å². The first-order valence-corrected chi connectivity index (χ1v) is 4.57. The maximum absolute atomic E-state index is 2.17. The van der Waals surface area contributed by atoms with Crippen molar-refractivity contribution in [1.82, 2.24) is 0 Å². The van der Waals surface area contributed by atoms with E-state index in [2.05, 4.69) is 51.1 Å². The Bertz CT molecular complexity index is 311. The molecule has 0 fully saturated rings. The van der Waals surface area contributed by atoms with Crippen LogP contribution in [-0.2, 0) is 17.1 Å². The van der Waals surface area contributed by atoms with Gasteiger partial charge in [0, 0.05) is 17.1 Å². The Morgan fingerprint density at radius 1 is 0.857 bits per heavy atom. The van der Waals surface area contributed by atoms with E-state index < -0.39 is 0 Å². The number of rotatable bonds is 0. The normalized spacial score (nSPS) is 8.50. The van der Waals surface area contributed by atoms with E-state index in [9.17, 15) is 0 Å². The Kier molecular flexibility index (Phi) is 6.27. The number of hydrogen-bond acceptors (Lipinski definition) is 0. The van der Waals surface area contributed by atoms with Crippen molar-refractivity contribution in [3.05, 3.63) is 59.2 Å². The third-order valence-electron chi connectivity index (χ3n) is 1.89. The average Bonchev–Trinajstić information content (AvgIpc) is 2.64. The Labute approximate surface area is 97.2 Å². The van der Waals surface area contributed by atoms with E-state index in [0.717, 1.165) is 0 Å². The van der Waals surface area contributed by atoms with E-state index in [-0.39, 0.29) is 17.1 Å². The van der Waals surface area contributed by atoms with Gasteiger partial charge in [-0.2, -0.15) is 17.7 Å². The molecule has 0 aliphatic heterocycles. The van der Waals surface area contributed by atoms with Crippen LogP contribution in [0.15, 0.2) is 42.5 Å². The van der Waals surface area contributed by atoms with Gasteiger partial charge in [0.1, 0.15) is 0 Å². The second kappa shape index (κ2) is 6.64. The zero-order chi connectivity index (χ0) is 9.68. The summed E-state index contributed by atoms with van der Waals surface area (Å²) in [6, 6.07) is 14.6. The molecule has 0 heterocycles. The third-order valence-corrected chi connectivity index (χ3v) is 1.89. The summed E-state index contributed by atoms with van der Waals surface area (Å²) in [4.78, 5) is 0. The van der Waals surface area contributed by atoms with Crippen LogP contribution in [0.25, 0.3) is 0 Å². The molecule has 0 aliphatic rings. The van der Waals surface area contributed by atoms with Crippen LogP contribution in [0.3, 0.4) is 0 Å². The molecular formula is C13H16Fe-6. The van der Waals surface area contributed by atoms with Gasteiger partial charge in [0.25, 0.3) is 0 Å². The summed E-state index contributed by atoms with van der Waals surface area (Å²) in [5.74, 6) is 0. The summed E-state index contributed by atoms with van der Waals surface area (Å²) in [6.45, 7) is 6.29. The Balaban J connectivity index is 0.000000227. The quantitative estimate of drug-likeness (QED) is 0.476. The fourth-order valence-corrected chi connectivity index (χ4v) is 1.19. The molecule has 0 amide bonds. The fourth-order valence-electron chi connectivity index (χ4n) is 1.19. The molecule has 0 N–H and O–H groups in total. The number of aryl methyl sites for hydroxylation is 3. The molecule has 0 radical (unpaired) electrons. The largest absolute Gasteiger partial charge is 0.745 e. The van der Waals surface area contributed by atoms with Gasteiger partial charge < -0.3 is 29.3 Å². The van der Waals surface area contributed by atoms with Gasteiger partial charge >= 0.3 is 0 Å². The van der Waals surface area contributed by atoms with Crippen molar-refractivity contribution < 1.29 is 17.1 Å². The minimum atomic E-state index is 0. The second-order valence-corrected chi connectivity index (χ2v) is 3.43. The Morgan fingerprint density at radius 3 is 1.43 bits per heavy atom. The molecule has 0 aliphatic carbocycles. The van der Waals surface area contributed by atoms with Crippen LogP contribution < -0.4 is 0 Å². The molecule has 0 bridgehead atoms. The van der Waals surface area contributed by atoms with E-state index >= 15 is 0 Å². The van der Waals surface area contributed by atoms with Gasteiger partial charge in [0.2, 0.25) is 0 Å². The topological polar surface area (TPSA) is 0 Å². The van der Waals surface area contributed by atoms with Crippen molar-refractivity contribution in [3.8, 4) is 0 Å². The molecule has 2 aromatic carbocycles. The molecule has 2 aromatic rings. The van der Waals surface area contributed by atoms with Crippen molar-refractivity contribution in [2.75, 3.05) is 0 Å². The summed E-state index contributed by atoms with van der Waals surface area (Å²) in [7, 11) is 0. The first kappa shape index (κ1) is 13.2. The van der Waals surface area contributed by atoms with Gasteiger partial charge in [-0.25, -0.2) is 26.0 Å². The zero-order valence-corrected chi connectivity index (χ0v) is 10.00. The van der Waals surface area contributed by atoms with Crippen LogP contribution in [0.2, 0.25) is 0 Å².